The number of cyclic esters (lactones) is 2. The van der Waals surface area contributed by atoms with Gasteiger partial charge in [-0.25, -0.2) is 9.59 Å². The number of carbonyl (C=O) groups is 2. The SMILES string of the molecule is O=C1OC(=O)c2cc(C=Cc3ccccc3)ccc21. The minimum Gasteiger partial charge on any atom is -0.386 e. The second-order valence-electron chi connectivity index (χ2n) is 4.23. The fourth-order valence-electron chi connectivity index (χ4n) is 1.96. The molecule has 0 amide bonds. The Labute approximate surface area is 110 Å². The molecule has 3 nitrogen and oxygen atoms in total. The van der Waals surface area contributed by atoms with Gasteiger partial charge in [-0.05, 0) is 23.3 Å². The number of esters is 2. The lowest BCUT2D eigenvalue weighted by atomic mass is 10.0. The Morgan fingerprint density at radius 1 is 0.737 bits per heavy atom. The Morgan fingerprint density at radius 3 is 2.21 bits per heavy atom. The van der Waals surface area contributed by atoms with Crippen molar-refractivity contribution >= 4 is 24.1 Å². The highest BCUT2D eigenvalue weighted by Crippen LogP contribution is 2.22. The molecule has 0 bridgehead atoms. The molecule has 2 aromatic rings. The molecule has 3 rings (SSSR count). The third kappa shape index (κ3) is 2.18. The van der Waals surface area contributed by atoms with Crippen molar-refractivity contribution in [3.8, 4) is 0 Å². The van der Waals surface area contributed by atoms with Gasteiger partial charge in [0.15, 0.2) is 0 Å². The van der Waals surface area contributed by atoms with Crippen molar-refractivity contribution in [3.05, 3.63) is 70.8 Å². The number of hydrogen-bond acceptors (Lipinski definition) is 3. The van der Waals surface area contributed by atoms with Crippen molar-refractivity contribution in [1.82, 2.24) is 0 Å². The zero-order valence-electron chi connectivity index (χ0n) is 10.00. The molecule has 0 fully saturated rings. The molecule has 3 heteroatoms. The van der Waals surface area contributed by atoms with Gasteiger partial charge < -0.3 is 4.74 Å². The van der Waals surface area contributed by atoms with Crippen LogP contribution in [0.25, 0.3) is 12.2 Å². The average Bonchev–Trinajstić information content (AvgIpc) is 2.73. The first-order valence-electron chi connectivity index (χ1n) is 5.88. The summed E-state index contributed by atoms with van der Waals surface area (Å²) >= 11 is 0. The number of carbonyl (C=O) groups excluding carboxylic acids is 2. The number of ether oxygens (including phenoxy) is 1. The lowest BCUT2D eigenvalue weighted by molar-refractivity contribution is 0.0444. The Kier molecular flexibility index (Phi) is 2.72. The van der Waals surface area contributed by atoms with Gasteiger partial charge in [0.2, 0.25) is 0 Å². The standard InChI is InChI=1S/C16H10O3/c17-15-13-9-8-12(10-14(13)16(18)19-15)7-6-11-4-2-1-3-5-11/h1-10H. The highest BCUT2D eigenvalue weighted by Gasteiger charge is 2.29. The zero-order chi connectivity index (χ0) is 13.2. The van der Waals surface area contributed by atoms with Crippen LogP contribution in [-0.4, -0.2) is 11.9 Å². The summed E-state index contributed by atoms with van der Waals surface area (Å²) in [5.74, 6) is -1.14. The second-order valence-corrected chi connectivity index (χ2v) is 4.23. The molecule has 0 aromatic heterocycles. The first-order valence-corrected chi connectivity index (χ1v) is 5.88. The Hall–Kier alpha value is -2.68. The molecule has 0 radical (unpaired) electrons. The molecule has 0 N–H and O–H groups in total. The summed E-state index contributed by atoms with van der Waals surface area (Å²) in [4.78, 5) is 22.7. The maximum atomic E-state index is 11.4. The van der Waals surface area contributed by atoms with E-state index in [0.717, 1.165) is 11.1 Å². The van der Waals surface area contributed by atoms with Crippen molar-refractivity contribution in [2.24, 2.45) is 0 Å². The summed E-state index contributed by atoms with van der Waals surface area (Å²) in [6.45, 7) is 0. The number of hydrogen-bond donors (Lipinski definition) is 0. The molecule has 0 unspecified atom stereocenters. The van der Waals surface area contributed by atoms with Crippen LogP contribution < -0.4 is 0 Å². The van der Waals surface area contributed by atoms with E-state index in [1.807, 2.05) is 42.5 Å². The lowest BCUT2D eigenvalue weighted by Crippen LogP contribution is -1.96. The Bertz CT molecular complexity index is 684. The number of rotatable bonds is 2. The van der Waals surface area contributed by atoms with Gasteiger partial charge in [0, 0.05) is 0 Å². The Balaban J connectivity index is 1.92. The molecule has 92 valence electrons. The third-order valence-electron chi connectivity index (χ3n) is 2.94. The van der Waals surface area contributed by atoms with Gasteiger partial charge in [-0.2, -0.15) is 0 Å². The normalized spacial score (nSPS) is 13.7. The van der Waals surface area contributed by atoms with Crippen LogP contribution in [0.4, 0.5) is 0 Å². The fraction of sp³-hybridized carbons (Fsp3) is 0. The highest BCUT2D eigenvalue weighted by molar-refractivity contribution is 6.14. The first kappa shape index (κ1) is 11.4. The molecule has 0 saturated carbocycles. The van der Waals surface area contributed by atoms with E-state index in [9.17, 15) is 9.59 Å². The second kappa shape index (κ2) is 4.53. The van der Waals surface area contributed by atoms with Gasteiger partial charge in [-0.1, -0.05) is 48.6 Å². The first-order chi connectivity index (χ1) is 9.24. The van der Waals surface area contributed by atoms with Gasteiger partial charge in [0.1, 0.15) is 0 Å². The molecular formula is C16H10O3. The van der Waals surface area contributed by atoms with E-state index in [1.165, 1.54) is 0 Å². The molecule has 0 saturated heterocycles. The maximum Gasteiger partial charge on any atom is 0.346 e. The van der Waals surface area contributed by atoms with Gasteiger partial charge in [-0.3, -0.25) is 0 Å². The monoisotopic (exact) mass is 250 g/mol. The predicted molar refractivity (Wildman–Crippen MR) is 71.6 cm³/mol. The van der Waals surface area contributed by atoms with Crippen molar-refractivity contribution < 1.29 is 14.3 Å². The molecule has 0 atom stereocenters. The zero-order valence-corrected chi connectivity index (χ0v) is 10.00. The molecule has 1 aliphatic rings. The third-order valence-corrected chi connectivity index (χ3v) is 2.94. The number of benzene rings is 2. The lowest BCUT2D eigenvalue weighted by Gasteiger charge is -1.96. The Morgan fingerprint density at radius 2 is 1.42 bits per heavy atom. The van der Waals surface area contributed by atoms with Gasteiger partial charge in [-0.15, -0.1) is 0 Å². The molecule has 0 spiro atoms. The van der Waals surface area contributed by atoms with Crippen LogP contribution in [-0.2, 0) is 4.74 Å². The maximum absolute atomic E-state index is 11.4. The summed E-state index contributed by atoms with van der Waals surface area (Å²) in [5, 5.41) is 0. The van der Waals surface area contributed by atoms with Crippen LogP contribution in [0.15, 0.2) is 48.5 Å². The van der Waals surface area contributed by atoms with Crippen LogP contribution >= 0.6 is 0 Å². The largest absolute Gasteiger partial charge is 0.386 e. The topological polar surface area (TPSA) is 43.4 Å². The smallest absolute Gasteiger partial charge is 0.346 e. The molecular weight excluding hydrogens is 240 g/mol. The molecule has 0 aliphatic carbocycles. The van der Waals surface area contributed by atoms with Gasteiger partial charge >= 0.3 is 11.9 Å². The van der Waals surface area contributed by atoms with Crippen molar-refractivity contribution in [1.29, 1.82) is 0 Å². The van der Waals surface area contributed by atoms with E-state index < -0.39 is 11.9 Å². The summed E-state index contributed by atoms with van der Waals surface area (Å²) < 4.78 is 4.55. The number of fused-ring (bicyclic) bond motifs is 1. The minimum atomic E-state index is -0.574. The fourth-order valence-corrected chi connectivity index (χ4v) is 1.96. The molecule has 2 aromatic carbocycles. The summed E-state index contributed by atoms with van der Waals surface area (Å²) in [6.07, 6.45) is 3.84. The van der Waals surface area contributed by atoms with E-state index >= 15 is 0 Å². The van der Waals surface area contributed by atoms with E-state index in [0.29, 0.717) is 11.1 Å². The van der Waals surface area contributed by atoms with E-state index in [4.69, 9.17) is 0 Å². The van der Waals surface area contributed by atoms with E-state index in [2.05, 4.69) is 4.74 Å². The highest BCUT2D eigenvalue weighted by atomic mass is 16.6. The van der Waals surface area contributed by atoms with Gasteiger partial charge in [0.05, 0.1) is 11.1 Å². The van der Waals surface area contributed by atoms with E-state index in [1.54, 1.807) is 18.2 Å². The van der Waals surface area contributed by atoms with Crippen LogP contribution in [0.5, 0.6) is 0 Å². The van der Waals surface area contributed by atoms with Gasteiger partial charge in [0.25, 0.3) is 0 Å². The summed E-state index contributed by atoms with van der Waals surface area (Å²) in [5.41, 5.74) is 2.60. The molecule has 1 heterocycles. The quantitative estimate of drug-likeness (QED) is 0.467. The van der Waals surface area contributed by atoms with Crippen LogP contribution in [0.3, 0.4) is 0 Å². The average molecular weight is 250 g/mol. The van der Waals surface area contributed by atoms with Crippen LogP contribution in [0, 0.1) is 0 Å². The predicted octanol–water partition coefficient (Wildman–Crippen LogP) is 3.17. The van der Waals surface area contributed by atoms with Crippen molar-refractivity contribution in [2.45, 2.75) is 0 Å². The van der Waals surface area contributed by atoms with Crippen molar-refractivity contribution in [3.63, 3.8) is 0 Å². The minimum absolute atomic E-state index is 0.334. The molecule has 19 heavy (non-hydrogen) atoms. The summed E-state index contributed by atoms with van der Waals surface area (Å²) in [6, 6.07) is 14.9. The van der Waals surface area contributed by atoms with Crippen molar-refractivity contribution in [2.75, 3.05) is 0 Å². The molecule has 1 aliphatic heterocycles. The summed E-state index contributed by atoms with van der Waals surface area (Å²) in [7, 11) is 0. The van der Waals surface area contributed by atoms with Crippen LogP contribution in [0.2, 0.25) is 0 Å². The van der Waals surface area contributed by atoms with E-state index in [-0.39, 0.29) is 0 Å². The van der Waals surface area contributed by atoms with Crippen LogP contribution in [0.1, 0.15) is 31.8 Å².